The van der Waals surface area contributed by atoms with Gasteiger partial charge in [-0.15, -0.1) is 12.4 Å². The molecular weight excluding hydrogens is 254 g/mol. The largest absolute Gasteiger partial charge is 0.366 e. The Kier molecular flexibility index (Phi) is 7.74. The van der Waals surface area contributed by atoms with Crippen molar-refractivity contribution in [3.8, 4) is 0 Å². The molecular formula is C12H18ClN3O2. The Bertz CT molecular complexity index is 393. The fourth-order valence-corrected chi connectivity index (χ4v) is 1.36. The lowest BCUT2D eigenvalue weighted by molar-refractivity contribution is 0.0950. The van der Waals surface area contributed by atoms with Crippen LogP contribution in [0.2, 0.25) is 0 Å². The van der Waals surface area contributed by atoms with Gasteiger partial charge in [-0.25, -0.2) is 0 Å². The van der Waals surface area contributed by atoms with E-state index in [9.17, 15) is 9.59 Å². The Morgan fingerprint density at radius 3 is 2.17 bits per heavy atom. The van der Waals surface area contributed by atoms with Crippen LogP contribution in [-0.4, -0.2) is 32.0 Å². The molecule has 0 aliphatic carbocycles. The van der Waals surface area contributed by atoms with Gasteiger partial charge in [-0.3, -0.25) is 9.59 Å². The monoisotopic (exact) mass is 271 g/mol. The lowest BCUT2D eigenvalue weighted by atomic mass is 10.1. The van der Waals surface area contributed by atoms with E-state index in [2.05, 4.69) is 10.6 Å². The van der Waals surface area contributed by atoms with E-state index >= 15 is 0 Å². The molecule has 4 N–H and O–H groups in total. The number of halogens is 1. The standard InChI is InChI=1S/C12H17N3O2.ClH/c1-14-7-2-8-15-12(17)10-5-3-9(4-6-10)11(13)16;/h3-6,14H,2,7-8H2,1H3,(H2,13,16)(H,15,17);1H. The minimum atomic E-state index is -0.494. The second-order valence-electron chi connectivity index (χ2n) is 3.65. The Hall–Kier alpha value is -1.59. The number of carbonyl (C=O) groups excluding carboxylic acids is 2. The molecule has 0 aliphatic heterocycles. The van der Waals surface area contributed by atoms with E-state index in [1.54, 1.807) is 24.3 Å². The maximum Gasteiger partial charge on any atom is 0.251 e. The summed E-state index contributed by atoms with van der Waals surface area (Å²) in [5.74, 6) is -0.636. The van der Waals surface area contributed by atoms with Crippen LogP contribution in [0.1, 0.15) is 27.1 Å². The lowest BCUT2D eigenvalue weighted by Crippen LogP contribution is -2.26. The summed E-state index contributed by atoms with van der Waals surface area (Å²) in [6.45, 7) is 1.48. The Labute approximate surface area is 113 Å². The third kappa shape index (κ3) is 5.16. The number of nitrogens with one attached hydrogen (secondary N) is 2. The molecule has 0 aromatic heterocycles. The van der Waals surface area contributed by atoms with Crippen molar-refractivity contribution in [2.24, 2.45) is 5.73 Å². The van der Waals surface area contributed by atoms with Crippen molar-refractivity contribution in [2.45, 2.75) is 6.42 Å². The SMILES string of the molecule is CNCCCNC(=O)c1ccc(C(N)=O)cc1.Cl. The predicted molar refractivity (Wildman–Crippen MR) is 73.1 cm³/mol. The number of carbonyl (C=O) groups is 2. The first-order valence-corrected chi connectivity index (χ1v) is 5.48. The molecule has 0 unspecified atom stereocenters. The molecule has 1 aromatic rings. The zero-order valence-electron chi connectivity index (χ0n) is 10.2. The molecule has 0 spiro atoms. The summed E-state index contributed by atoms with van der Waals surface area (Å²) < 4.78 is 0. The lowest BCUT2D eigenvalue weighted by Gasteiger charge is -2.05. The normalized spacial score (nSPS) is 9.39. The summed E-state index contributed by atoms with van der Waals surface area (Å²) in [6, 6.07) is 6.27. The molecule has 0 saturated heterocycles. The number of hydrogen-bond donors (Lipinski definition) is 3. The first-order valence-electron chi connectivity index (χ1n) is 5.48. The van der Waals surface area contributed by atoms with Gasteiger partial charge in [0, 0.05) is 17.7 Å². The summed E-state index contributed by atoms with van der Waals surface area (Å²) >= 11 is 0. The average molecular weight is 272 g/mol. The van der Waals surface area contributed by atoms with Crippen LogP contribution in [0.4, 0.5) is 0 Å². The van der Waals surface area contributed by atoms with Crippen molar-refractivity contribution in [1.29, 1.82) is 0 Å². The Morgan fingerprint density at radius 1 is 1.11 bits per heavy atom. The van der Waals surface area contributed by atoms with Gasteiger partial charge < -0.3 is 16.4 Å². The predicted octanol–water partition coefficient (Wildman–Crippen LogP) is 0.547. The highest BCUT2D eigenvalue weighted by Gasteiger charge is 2.05. The Balaban J connectivity index is 0.00000289. The smallest absolute Gasteiger partial charge is 0.251 e. The number of hydrogen-bond acceptors (Lipinski definition) is 3. The van der Waals surface area contributed by atoms with Crippen LogP contribution in [0.5, 0.6) is 0 Å². The van der Waals surface area contributed by atoms with Gasteiger partial charge in [0.1, 0.15) is 0 Å². The van der Waals surface area contributed by atoms with Crippen LogP contribution in [0.15, 0.2) is 24.3 Å². The molecule has 0 fully saturated rings. The number of benzene rings is 1. The molecule has 0 aliphatic rings. The van der Waals surface area contributed by atoms with Crippen LogP contribution in [-0.2, 0) is 0 Å². The number of nitrogens with two attached hydrogens (primary N) is 1. The van der Waals surface area contributed by atoms with E-state index in [0.717, 1.165) is 13.0 Å². The molecule has 2 amide bonds. The maximum atomic E-state index is 11.6. The van der Waals surface area contributed by atoms with Gasteiger partial charge in [-0.1, -0.05) is 0 Å². The van der Waals surface area contributed by atoms with Crippen LogP contribution in [0.25, 0.3) is 0 Å². The molecule has 0 radical (unpaired) electrons. The van der Waals surface area contributed by atoms with Gasteiger partial charge in [-0.2, -0.15) is 0 Å². The third-order valence-electron chi connectivity index (χ3n) is 2.32. The highest BCUT2D eigenvalue weighted by molar-refractivity contribution is 5.97. The third-order valence-corrected chi connectivity index (χ3v) is 2.32. The van der Waals surface area contributed by atoms with E-state index in [1.807, 2.05) is 7.05 Å². The number of primary amides is 1. The topological polar surface area (TPSA) is 84.2 Å². The molecule has 18 heavy (non-hydrogen) atoms. The van der Waals surface area contributed by atoms with Gasteiger partial charge in [0.25, 0.3) is 5.91 Å². The van der Waals surface area contributed by atoms with Crippen molar-refractivity contribution >= 4 is 24.2 Å². The summed E-state index contributed by atoms with van der Waals surface area (Å²) in [5, 5.41) is 5.79. The fourth-order valence-electron chi connectivity index (χ4n) is 1.36. The van der Waals surface area contributed by atoms with Crippen LogP contribution in [0, 0.1) is 0 Å². The first kappa shape index (κ1) is 16.4. The minimum Gasteiger partial charge on any atom is -0.366 e. The summed E-state index contributed by atoms with van der Waals surface area (Å²) in [5.41, 5.74) is 6.03. The molecule has 0 heterocycles. The molecule has 6 heteroatoms. The summed E-state index contributed by atoms with van der Waals surface area (Å²) in [4.78, 5) is 22.5. The van der Waals surface area contributed by atoms with Crippen molar-refractivity contribution in [2.75, 3.05) is 20.1 Å². The van der Waals surface area contributed by atoms with Gasteiger partial charge >= 0.3 is 0 Å². The zero-order valence-corrected chi connectivity index (χ0v) is 11.0. The molecule has 5 nitrogen and oxygen atoms in total. The molecule has 0 saturated carbocycles. The van der Waals surface area contributed by atoms with Crippen LogP contribution < -0.4 is 16.4 Å². The quantitative estimate of drug-likeness (QED) is 0.661. The van der Waals surface area contributed by atoms with E-state index < -0.39 is 5.91 Å². The average Bonchev–Trinajstić information content (AvgIpc) is 2.34. The minimum absolute atomic E-state index is 0. The maximum absolute atomic E-state index is 11.6. The highest BCUT2D eigenvalue weighted by Crippen LogP contribution is 2.03. The molecule has 100 valence electrons. The molecule has 1 aromatic carbocycles. The second-order valence-corrected chi connectivity index (χ2v) is 3.65. The van der Waals surface area contributed by atoms with Crippen LogP contribution in [0.3, 0.4) is 0 Å². The first-order chi connectivity index (χ1) is 8.15. The number of amides is 2. The number of rotatable bonds is 6. The van der Waals surface area contributed by atoms with E-state index in [4.69, 9.17) is 5.73 Å². The molecule has 0 atom stereocenters. The van der Waals surface area contributed by atoms with Crippen molar-refractivity contribution < 1.29 is 9.59 Å². The van der Waals surface area contributed by atoms with Gasteiger partial charge in [0.05, 0.1) is 0 Å². The van der Waals surface area contributed by atoms with Crippen LogP contribution >= 0.6 is 12.4 Å². The van der Waals surface area contributed by atoms with Crippen molar-refractivity contribution in [1.82, 2.24) is 10.6 Å². The van der Waals surface area contributed by atoms with E-state index in [0.29, 0.717) is 17.7 Å². The zero-order chi connectivity index (χ0) is 12.7. The van der Waals surface area contributed by atoms with E-state index in [-0.39, 0.29) is 18.3 Å². The second kappa shape index (κ2) is 8.49. The van der Waals surface area contributed by atoms with Gasteiger partial charge in [0.15, 0.2) is 0 Å². The van der Waals surface area contributed by atoms with Gasteiger partial charge in [-0.05, 0) is 44.3 Å². The van der Waals surface area contributed by atoms with Crippen molar-refractivity contribution in [3.05, 3.63) is 35.4 Å². The summed E-state index contributed by atoms with van der Waals surface area (Å²) in [6.07, 6.45) is 0.877. The Morgan fingerprint density at radius 2 is 1.67 bits per heavy atom. The van der Waals surface area contributed by atoms with E-state index in [1.165, 1.54) is 0 Å². The fraction of sp³-hybridized carbons (Fsp3) is 0.333. The molecule has 1 rings (SSSR count). The highest BCUT2D eigenvalue weighted by atomic mass is 35.5. The van der Waals surface area contributed by atoms with Gasteiger partial charge in [0.2, 0.25) is 5.91 Å². The molecule has 0 bridgehead atoms. The van der Waals surface area contributed by atoms with Crippen molar-refractivity contribution in [3.63, 3.8) is 0 Å². The summed E-state index contributed by atoms with van der Waals surface area (Å²) in [7, 11) is 1.87.